The molecule has 0 unspecified atom stereocenters. The Kier molecular flexibility index (Phi) is 1.94. The van der Waals surface area contributed by atoms with Gasteiger partial charge in [0.1, 0.15) is 0 Å². The van der Waals surface area contributed by atoms with Crippen molar-refractivity contribution in [2.75, 3.05) is 0 Å². The van der Waals surface area contributed by atoms with Crippen molar-refractivity contribution in [1.29, 1.82) is 0 Å². The third kappa shape index (κ3) is 1.19. The first kappa shape index (κ1) is 8.79. The van der Waals surface area contributed by atoms with E-state index in [0.717, 1.165) is 25.2 Å². The fraction of sp³-hybridized carbons (Fsp3) is 0.727. The lowest BCUT2D eigenvalue weighted by Crippen LogP contribution is -2.22. The first-order valence-corrected chi connectivity index (χ1v) is 5.08. The molecule has 2 saturated carbocycles. The molecule has 0 saturated heterocycles. The van der Waals surface area contributed by atoms with E-state index < -0.39 is 5.97 Å². The third-order valence-electron chi connectivity index (χ3n) is 3.83. The number of carboxylic acids is 1. The lowest BCUT2D eigenvalue weighted by atomic mass is 9.77. The number of carbonyl (C=O) groups is 1. The maximum absolute atomic E-state index is 11.0. The number of rotatable bonds is 2. The quantitative estimate of drug-likeness (QED) is 0.663. The SMILES string of the molecule is CC=C(C(=O)O)C12CCC(CC1)C2. The van der Waals surface area contributed by atoms with E-state index in [2.05, 4.69) is 0 Å². The molecule has 2 nitrogen and oxygen atoms in total. The first-order chi connectivity index (χ1) is 6.18. The van der Waals surface area contributed by atoms with Crippen molar-refractivity contribution in [2.45, 2.75) is 39.0 Å². The van der Waals surface area contributed by atoms with E-state index in [1.165, 1.54) is 12.8 Å². The Morgan fingerprint density at radius 3 is 2.38 bits per heavy atom. The number of allylic oxidation sites excluding steroid dienone is 1. The highest BCUT2D eigenvalue weighted by Gasteiger charge is 2.48. The van der Waals surface area contributed by atoms with Gasteiger partial charge in [-0.2, -0.15) is 0 Å². The molecule has 1 N–H and O–H groups in total. The van der Waals surface area contributed by atoms with Gasteiger partial charge in [-0.1, -0.05) is 6.08 Å². The Balaban J connectivity index is 2.28. The van der Waals surface area contributed by atoms with Gasteiger partial charge in [-0.05, 0) is 44.9 Å². The highest BCUT2D eigenvalue weighted by molar-refractivity contribution is 5.88. The Bertz CT molecular complexity index is 257. The fourth-order valence-electron chi connectivity index (χ4n) is 3.23. The Hall–Kier alpha value is -0.790. The van der Waals surface area contributed by atoms with E-state index in [1.807, 2.05) is 6.92 Å². The molecule has 13 heavy (non-hydrogen) atoms. The van der Waals surface area contributed by atoms with Crippen LogP contribution in [0.3, 0.4) is 0 Å². The summed E-state index contributed by atoms with van der Waals surface area (Å²) in [6.07, 6.45) is 7.61. The van der Waals surface area contributed by atoms with Crippen LogP contribution in [0.4, 0.5) is 0 Å². The van der Waals surface area contributed by atoms with Crippen molar-refractivity contribution in [1.82, 2.24) is 0 Å². The molecule has 0 spiro atoms. The Morgan fingerprint density at radius 2 is 2.08 bits per heavy atom. The highest BCUT2D eigenvalue weighted by atomic mass is 16.4. The van der Waals surface area contributed by atoms with Gasteiger partial charge in [0, 0.05) is 11.0 Å². The van der Waals surface area contributed by atoms with Crippen LogP contribution in [0, 0.1) is 11.3 Å². The lowest BCUT2D eigenvalue weighted by Gasteiger charge is -2.26. The van der Waals surface area contributed by atoms with E-state index in [-0.39, 0.29) is 5.41 Å². The van der Waals surface area contributed by atoms with Crippen molar-refractivity contribution < 1.29 is 9.90 Å². The first-order valence-electron chi connectivity index (χ1n) is 5.08. The molecule has 0 aromatic carbocycles. The average molecular weight is 180 g/mol. The van der Waals surface area contributed by atoms with Gasteiger partial charge in [0.25, 0.3) is 0 Å². The van der Waals surface area contributed by atoms with Crippen LogP contribution in [-0.4, -0.2) is 11.1 Å². The van der Waals surface area contributed by atoms with Crippen LogP contribution in [0.1, 0.15) is 39.0 Å². The van der Waals surface area contributed by atoms with Gasteiger partial charge in [0.2, 0.25) is 0 Å². The summed E-state index contributed by atoms with van der Waals surface area (Å²) < 4.78 is 0. The molecular weight excluding hydrogens is 164 g/mol. The third-order valence-corrected chi connectivity index (χ3v) is 3.83. The summed E-state index contributed by atoms with van der Waals surface area (Å²) in [6, 6.07) is 0. The minimum atomic E-state index is -0.704. The predicted molar refractivity (Wildman–Crippen MR) is 50.4 cm³/mol. The molecule has 2 heteroatoms. The second-order valence-corrected chi connectivity index (χ2v) is 4.44. The predicted octanol–water partition coefficient (Wildman–Crippen LogP) is 2.60. The lowest BCUT2D eigenvalue weighted by molar-refractivity contribution is -0.134. The molecule has 0 heterocycles. The minimum Gasteiger partial charge on any atom is -0.478 e. The van der Waals surface area contributed by atoms with Gasteiger partial charge in [-0.3, -0.25) is 0 Å². The fourth-order valence-corrected chi connectivity index (χ4v) is 3.23. The van der Waals surface area contributed by atoms with Crippen LogP contribution >= 0.6 is 0 Å². The summed E-state index contributed by atoms with van der Waals surface area (Å²) >= 11 is 0. The summed E-state index contributed by atoms with van der Waals surface area (Å²) in [5, 5.41) is 9.08. The summed E-state index contributed by atoms with van der Waals surface area (Å²) in [5.41, 5.74) is 0.734. The topological polar surface area (TPSA) is 37.3 Å². The molecule has 2 aliphatic carbocycles. The molecule has 0 atom stereocenters. The molecule has 2 bridgehead atoms. The van der Waals surface area contributed by atoms with E-state index in [1.54, 1.807) is 6.08 Å². The van der Waals surface area contributed by atoms with Gasteiger partial charge < -0.3 is 5.11 Å². The smallest absolute Gasteiger partial charge is 0.331 e. The van der Waals surface area contributed by atoms with Gasteiger partial charge in [-0.15, -0.1) is 0 Å². The average Bonchev–Trinajstić information content (AvgIpc) is 2.64. The molecule has 0 aromatic heterocycles. The summed E-state index contributed by atoms with van der Waals surface area (Å²) in [5.74, 6) is 0.111. The van der Waals surface area contributed by atoms with Crippen LogP contribution in [0.2, 0.25) is 0 Å². The van der Waals surface area contributed by atoms with Crippen LogP contribution in [0.25, 0.3) is 0 Å². The maximum atomic E-state index is 11.0. The van der Waals surface area contributed by atoms with Crippen molar-refractivity contribution in [2.24, 2.45) is 11.3 Å². The zero-order valence-electron chi connectivity index (χ0n) is 8.05. The van der Waals surface area contributed by atoms with E-state index in [0.29, 0.717) is 5.57 Å². The zero-order chi connectivity index (χ0) is 9.47. The summed E-state index contributed by atoms with van der Waals surface area (Å²) in [4.78, 5) is 11.0. The van der Waals surface area contributed by atoms with Crippen molar-refractivity contribution >= 4 is 5.97 Å². The van der Waals surface area contributed by atoms with Crippen molar-refractivity contribution in [3.8, 4) is 0 Å². The number of fused-ring (bicyclic) bond motifs is 2. The van der Waals surface area contributed by atoms with Crippen molar-refractivity contribution in [3.05, 3.63) is 11.6 Å². The largest absolute Gasteiger partial charge is 0.478 e. The number of hydrogen-bond acceptors (Lipinski definition) is 1. The van der Waals surface area contributed by atoms with Crippen LogP contribution in [-0.2, 0) is 4.79 Å². The highest BCUT2D eigenvalue weighted by Crippen LogP contribution is 2.57. The number of hydrogen-bond donors (Lipinski definition) is 1. The zero-order valence-corrected chi connectivity index (χ0v) is 8.05. The summed E-state index contributed by atoms with van der Waals surface area (Å²) in [7, 11) is 0. The molecule has 0 radical (unpaired) electrons. The Morgan fingerprint density at radius 1 is 1.46 bits per heavy atom. The monoisotopic (exact) mass is 180 g/mol. The van der Waals surface area contributed by atoms with Crippen LogP contribution in [0.5, 0.6) is 0 Å². The van der Waals surface area contributed by atoms with Crippen LogP contribution < -0.4 is 0 Å². The normalized spacial score (nSPS) is 38.2. The minimum absolute atomic E-state index is 0.0608. The van der Waals surface area contributed by atoms with E-state index >= 15 is 0 Å². The molecule has 0 amide bonds. The van der Waals surface area contributed by atoms with Gasteiger partial charge >= 0.3 is 5.97 Å². The van der Waals surface area contributed by atoms with Crippen molar-refractivity contribution in [3.63, 3.8) is 0 Å². The maximum Gasteiger partial charge on any atom is 0.331 e. The van der Waals surface area contributed by atoms with Gasteiger partial charge in [0.05, 0.1) is 0 Å². The molecule has 0 aromatic rings. The standard InChI is InChI=1S/C11H16O2/c1-2-9(10(12)13)11-5-3-8(7-11)4-6-11/h2,8H,3-7H2,1H3,(H,12,13). The second kappa shape index (κ2) is 2.86. The van der Waals surface area contributed by atoms with E-state index in [9.17, 15) is 4.79 Å². The molecule has 72 valence electrons. The molecule has 2 rings (SSSR count). The number of carboxylic acid groups (broad SMARTS) is 1. The molecule has 0 aliphatic heterocycles. The molecular formula is C11H16O2. The van der Waals surface area contributed by atoms with Crippen LogP contribution in [0.15, 0.2) is 11.6 Å². The number of aliphatic carboxylic acids is 1. The summed E-state index contributed by atoms with van der Waals surface area (Å²) in [6.45, 7) is 1.85. The second-order valence-electron chi connectivity index (χ2n) is 4.44. The van der Waals surface area contributed by atoms with Gasteiger partial charge in [0.15, 0.2) is 0 Å². The molecule has 2 aliphatic rings. The van der Waals surface area contributed by atoms with E-state index in [4.69, 9.17) is 5.11 Å². The molecule has 2 fully saturated rings. The van der Waals surface area contributed by atoms with Gasteiger partial charge in [-0.25, -0.2) is 4.79 Å². The Labute approximate surface area is 78.6 Å².